The molecule has 1 saturated heterocycles. The van der Waals surface area contributed by atoms with Gasteiger partial charge in [-0.05, 0) is 39.5 Å². The Bertz CT molecular complexity index is 262. The van der Waals surface area contributed by atoms with Gasteiger partial charge < -0.3 is 19.8 Å². The first kappa shape index (κ1) is 14.3. The Morgan fingerprint density at radius 2 is 2.12 bits per heavy atom. The monoisotopic (exact) mass is 245 g/mol. The zero-order chi connectivity index (χ0) is 13.1. The van der Waals surface area contributed by atoms with Gasteiger partial charge >= 0.3 is 6.09 Å². The summed E-state index contributed by atoms with van der Waals surface area (Å²) in [5.41, 5.74) is -0.510. The molecule has 1 aliphatic rings. The van der Waals surface area contributed by atoms with E-state index in [0.29, 0.717) is 25.9 Å². The summed E-state index contributed by atoms with van der Waals surface area (Å²) in [4.78, 5) is 13.3. The molecule has 0 aromatic rings. The molecule has 100 valence electrons. The van der Waals surface area contributed by atoms with Crippen molar-refractivity contribution in [1.29, 1.82) is 0 Å². The predicted octanol–water partition coefficient (Wildman–Crippen LogP) is 0.987. The SMILES string of the molecule is CC(C)(C)OC(=O)N1CC[C@@H](CCO)[C@H](O)C1. The summed E-state index contributed by atoms with van der Waals surface area (Å²) >= 11 is 0. The van der Waals surface area contributed by atoms with E-state index in [4.69, 9.17) is 9.84 Å². The smallest absolute Gasteiger partial charge is 0.410 e. The number of hydrogen-bond donors (Lipinski definition) is 2. The molecule has 0 bridgehead atoms. The van der Waals surface area contributed by atoms with E-state index in [1.165, 1.54) is 4.90 Å². The molecule has 1 aliphatic heterocycles. The Morgan fingerprint density at radius 3 is 2.59 bits per heavy atom. The molecule has 0 aromatic heterocycles. The average Bonchev–Trinajstić information content (AvgIpc) is 2.18. The highest BCUT2D eigenvalue weighted by Gasteiger charge is 2.31. The van der Waals surface area contributed by atoms with Crippen LogP contribution < -0.4 is 0 Å². The third-order valence-corrected chi connectivity index (χ3v) is 2.87. The van der Waals surface area contributed by atoms with Crippen molar-refractivity contribution in [2.75, 3.05) is 19.7 Å². The molecule has 2 N–H and O–H groups in total. The Labute approximate surface area is 102 Å². The van der Waals surface area contributed by atoms with E-state index < -0.39 is 11.7 Å². The van der Waals surface area contributed by atoms with Crippen molar-refractivity contribution in [2.45, 2.75) is 45.3 Å². The number of ether oxygens (including phenoxy) is 1. The normalized spacial score (nSPS) is 25.8. The molecule has 0 aromatic carbocycles. The van der Waals surface area contributed by atoms with Gasteiger partial charge in [0.05, 0.1) is 12.6 Å². The second-order valence-electron chi connectivity index (χ2n) is 5.55. The summed E-state index contributed by atoms with van der Waals surface area (Å²) in [5, 5.41) is 18.7. The fourth-order valence-electron chi connectivity index (χ4n) is 1.98. The van der Waals surface area contributed by atoms with E-state index in [9.17, 15) is 9.90 Å². The number of likely N-dealkylation sites (tertiary alicyclic amines) is 1. The highest BCUT2D eigenvalue weighted by molar-refractivity contribution is 5.68. The van der Waals surface area contributed by atoms with E-state index in [-0.39, 0.29) is 18.6 Å². The maximum Gasteiger partial charge on any atom is 0.410 e. The summed E-state index contributed by atoms with van der Waals surface area (Å²) in [7, 11) is 0. The van der Waals surface area contributed by atoms with Crippen molar-refractivity contribution in [3.63, 3.8) is 0 Å². The molecule has 0 unspecified atom stereocenters. The first-order valence-electron chi connectivity index (χ1n) is 6.10. The zero-order valence-corrected chi connectivity index (χ0v) is 10.8. The lowest BCUT2D eigenvalue weighted by Gasteiger charge is -2.36. The lowest BCUT2D eigenvalue weighted by molar-refractivity contribution is -0.0165. The van der Waals surface area contributed by atoms with Crippen LogP contribution in [0.5, 0.6) is 0 Å². The van der Waals surface area contributed by atoms with Crippen LogP contribution in [0.1, 0.15) is 33.6 Å². The topological polar surface area (TPSA) is 70.0 Å². The number of β-amino-alcohol motifs (C(OH)–C–C–N with tert-alkyl or cyclic N) is 1. The van der Waals surface area contributed by atoms with E-state index in [0.717, 1.165) is 0 Å². The van der Waals surface area contributed by atoms with Crippen LogP contribution in [0.4, 0.5) is 4.79 Å². The number of carbonyl (C=O) groups excluding carboxylic acids is 1. The quantitative estimate of drug-likeness (QED) is 0.761. The number of rotatable bonds is 2. The minimum atomic E-state index is -0.566. The Hall–Kier alpha value is -0.810. The summed E-state index contributed by atoms with van der Waals surface area (Å²) in [5.74, 6) is 0.0821. The third kappa shape index (κ3) is 4.52. The van der Waals surface area contributed by atoms with Gasteiger partial charge in [-0.25, -0.2) is 4.79 Å². The summed E-state index contributed by atoms with van der Waals surface area (Å²) < 4.78 is 5.25. The number of aliphatic hydroxyl groups excluding tert-OH is 2. The van der Waals surface area contributed by atoms with E-state index in [1.807, 2.05) is 20.8 Å². The van der Waals surface area contributed by atoms with Crippen molar-refractivity contribution >= 4 is 6.09 Å². The molecule has 0 aliphatic carbocycles. The predicted molar refractivity (Wildman–Crippen MR) is 63.6 cm³/mol. The van der Waals surface area contributed by atoms with Crippen molar-refractivity contribution in [3.8, 4) is 0 Å². The van der Waals surface area contributed by atoms with Crippen LogP contribution >= 0.6 is 0 Å². The maximum absolute atomic E-state index is 11.8. The van der Waals surface area contributed by atoms with Crippen LogP contribution in [0.3, 0.4) is 0 Å². The van der Waals surface area contributed by atoms with Crippen LogP contribution in [0.25, 0.3) is 0 Å². The van der Waals surface area contributed by atoms with Crippen LogP contribution in [-0.2, 0) is 4.74 Å². The second-order valence-corrected chi connectivity index (χ2v) is 5.55. The van der Waals surface area contributed by atoms with Crippen LogP contribution in [0.2, 0.25) is 0 Å². The van der Waals surface area contributed by atoms with Gasteiger partial charge in [0.25, 0.3) is 0 Å². The highest BCUT2D eigenvalue weighted by atomic mass is 16.6. The molecule has 5 nitrogen and oxygen atoms in total. The van der Waals surface area contributed by atoms with Gasteiger partial charge in [-0.15, -0.1) is 0 Å². The number of amides is 1. The number of nitrogens with zero attached hydrogens (tertiary/aromatic N) is 1. The fraction of sp³-hybridized carbons (Fsp3) is 0.917. The Morgan fingerprint density at radius 1 is 1.47 bits per heavy atom. The zero-order valence-electron chi connectivity index (χ0n) is 10.8. The van der Waals surface area contributed by atoms with E-state index in [1.54, 1.807) is 0 Å². The number of hydrogen-bond acceptors (Lipinski definition) is 4. The molecule has 2 atom stereocenters. The van der Waals surface area contributed by atoms with E-state index in [2.05, 4.69) is 0 Å². The molecular formula is C12H23NO4. The van der Waals surface area contributed by atoms with Gasteiger partial charge in [0.15, 0.2) is 0 Å². The van der Waals surface area contributed by atoms with Crippen molar-refractivity contribution in [2.24, 2.45) is 5.92 Å². The second kappa shape index (κ2) is 5.69. The van der Waals surface area contributed by atoms with Crippen LogP contribution in [0, 0.1) is 5.92 Å². The fourth-order valence-corrected chi connectivity index (χ4v) is 1.98. The highest BCUT2D eigenvalue weighted by Crippen LogP contribution is 2.22. The average molecular weight is 245 g/mol. The molecule has 1 heterocycles. The largest absolute Gasteiger partial charge is 0.444 e. The molecule has 17 heavy (non-hydrogen) atoms. The number of aliphatic hydroxyl groups is 2. The molecular weight excluding hydrogens is 222 g/mol. The summed E-state index contributed by atoms with van der Waals surface area (Å²) in [6.45, 7) is 6.41. The van der Waals surface area contributed by atoms with Gasteiger partial charge in [-0.1, -0.05) is 0 Å². The minimum absolute atomic E-state index is 0.0775. The van der Waals surface area contributed by atoms with Crippen molar-refractivity contribution in [3.05, 3.63) is 0 Å². The molecule has 0 radical (unpaired) electrons. The van der Waals surface area contributed by atoms with Crippen molar-refractivity contribution in [1.82, 2.24) is 4.90 Å². The van der Waals surface area contributed by atoms with Crippen LogP contribution in [-0.4, -0.2) is 52.6 Å². The lowest BCUT2D eigenvalue weighted by atomic mass is 9.91. The van der Waals surface area contributed by atoms with E-state index >= 15 is 0 Å². The first-order chi connectivity index (χ1) is 7.83. The summed E-state index contributed by atoms with van der Waals surface area (Å²) in [6.07, 6.45) is 0.354. The molecule has 0 spiro atoms. The number of piperidine rings is 1. The van der Waals surface area contributed by atoms with Gasteiger partial charge in [-0.3, -0.25) is 0 Å². The molecule has 5 heteroatoms. The van der Waals surface area contributed by atoms with Crippen molar-refractivity contribution < 1.29 is 19.7 Å². The molecule has 1 amide bonds. The maximum atomic E-state index is 11.8. The third-order valence-electron chi connectivity index (χ3n) is 2.87. The summed E-state index contributed by atoms with van der Waals surface area (Å²) in [6, 6.07) is 0. The Kier molecular flexibility index (Phi) is 4.77. The first-order valence-corrected chi connectivity index (χ1v) is 6.10. The van der Waals surface area contributed by atoms with Gasteiger partial charge in [-0.2, -0.15) is 0 Å². The number of carbonyl (C=O) groups is 1. The minimum Gasteiger partial charge on any atom is -0.444 e. The van der Waals surface area contributed by atoms with Gasteiger partial charge in [0.2, 0.25) is 0 Å². The molecule has 0 saturated carbocycles. The lowest BCUT2D eigenvalue weighted by Crippen LogP contribution is -2.48. The van der Waals surface area contributed by atoms with Gasteiger partial charge in [0.1, 0.15) is 5.60 Å². The molecule has 1 fully saturated rings. The Balaban J connectivity index is 2.46. The van der Waals surface area contributed by atoms with Crippen LogP contribution in [0.15, 0.2) is 0 Å². The standard InChI is InChI=1S/C12H23NO4/c1-12(2,3)17-11(16)13-6-4-9(5-7-14)10(15)8-13/h9-10,14-15H,4-8H2,1-3H3/t9-,10+/m0/s1. The van der Waals surface area contributed by atoms with Gasteiger partial charge in [0, 0.05) is 13.2 Å². The molecule has 1 rings (SSSR count).